The Kier molecular flexibility index (Phi) is 11.3. The molecule has 11 heteroatoms. The molecule has 39 heavy (non-hydrogen) atoms. The van der Waals surface area contributed by atoms with Crippen LogP contribution in [0.3, 0.4) is 0 Å². The van der Waals surface area contributed by atoms with Gasteiger partial charge in [0.15, 0.2) is 11.6 Å². The molecule has 0 fully saturated rings. The third-order valence-corrected chi connectivity index (χ3v) is 6.87. The van der Waals surface area contributed by atoms with E-state index in [9.17, 15) is 8.78 Å². The molecule has 4 rings (SSSR count). The fourth-order valence-corrected chi connectivity index (χ4v) is 3.84. The van der Waals surface area contributed by atoms with E-state index in [1.54, 1.807) is 21.5 Å². The van der Waals surface area contributed by atoms with Crippen molar-refractivity contribution < 1.29 is 8.78 Å². The lowest BCUT2D eigenvalue weighted by molar-refractivity contribution is 0.618. The Labute approximate surface area is 245 Å². The van der Waals surface area contributed by atoms with Crippen molar-refractivity contribution in [2.75, 3.05) is 0 Å². The van der Waals surface area contributed by atoms with E-state index in [2.05, 4.69) is 99.0 Å². The number of halogens is 3. The number of aromatic nitrogens is 6. The first kappa shape index (κ1) is 32.1. The summed E-state index contributed by atoms with van der Waals surface area (Å²) in [4.78, 5) is 7.96. The van der Waals surface area contributed by atoms with Crippen LogP contribution < -0.4 is 0 Å². The van der Waals surface area contributed by atoms with Crippen molar-refractivity contribution >= 4 is 38.7 Å². The summed E-state index contributed by atoms with van der Waals surface area (Å²) in [5, 5.41) is 8.62. The quantitative estimate of drug-likeness (QED) is 0.134. The van der Waals surface area contributed by atoms with E-state index in [1.165, 1.54) is 24.5 Å². The van der Waals surface area contributed by atoms with Crippen LogP contribution in [0.15, 0.2) is 48.8 Å². The second-order valence-corrected chi connectivity index (χ2v) is 21.3. The molecule has 0 aliphatic carbocycles. The standard InChI is InChI=1S/C14H16FN3Si.C9H7FIN3.C5H10Si/c1-11-9-13(7-8-19(2,3)4)17-18(11)14-6-5-12(15)10-16-14;1-6-4-8(11)13-14(6)9-3-2-7(10)5-12-9;1-5-6(2,3)4/h5-6,9-10H,1-4H3;2-5H,1H3;1H,2-4H3. The zero-order valence-corrected chi connectivity index (χ0v) is 27.7. The number of hydrogen-bond donors (Lipinski definition) is 0. The molecule has 0 atom stereocenters. The Bertz CT molecular complexity index is 1480. The summed E-state index contributed by atoms with van der Waals surface area (Å²) in [6, 6.07) is 9.80. The van der Waals surface area contributed by atoms with Gasteiger partial charge in [0, 0.05) is 11.4 Å². The smallest absolute Gasteiger partial charge is 0.153 e. The second-order valence-electron chi connectivity index (χ2n) is 10.7. The average molecular weight is 675 g/mol. The van der Waals surface area contributed by atoms with Gasteiger partial charge in [-0.15, -0.1) is 17.5 Å². The van der Waals surface area contributed by atoms with Gasteiger partial charge in [-0.1, -0.05) is 45.2 Å². The topological polar surface area (TPSA) is 61.4 Å². The van der Waals surface area contributed by atoms with Crippen LogP contribution in [0, 0.1) is 52.6 Å². The Morgan fingerprint density at radius 3 is 1.59 bits per heavy atom. The van der Waals surface area contributed by atoms with Crippen molar-refractivity contribution in [3.05, 3.63) is 81.2 Å². The van der Waals surface area contributed by atoms with E-state index >= 15 is 0 Å². The van der Waals surface area contributed by atoms with E-state index in [0.717, 1.165) is 20.8 Å². The highest BCUT2D eigenvalue weighted by Crippen LogP contribution is 2.12. The van der Waals surface area contributed by atoms with Crippen LogP contribution in [-0.2, 0) is 0 Å². The van der Waals surface area contributed by atoms with Crippen molar-refractivity contribution in [3.63, 3.8) is 0 Å². The van der Waals surface area contributed by atoms with E-state index < -0.39 is 16.1 Å². The van der Waals surface area contributed by atoms with Gasteiger partial charge in [-0.3, -0.25) is 0 Å². The highest BCUT2D eigenvalue weighted by molar-refractivity contribution is 14.1. The maximum absolute atomic E-state index is 12.9. The van der Waals surface area contributed by atoms with Gasteiger partial charge in [-0.2, -0.15) is 10.2 Å². The summed E-state index contributed by atoms with van der Waals surface area (Å²) in [7, 11) is -2.51. The third-order valence-electron chi connectivity index (χ3n) is 4.60. The van der Waals surface area contributed by atoms with Crippen LogP contribution in [-0.4, -0.2) is 45.7 Å². The molecule has 0 amide bonds. The van der Waals surface area contributed by atoms with E-state index in [1.807, 2.05) is 26.0 Å². The minimum absolute atomic E-state index is 0.340. The van der Waals surface area contributed by atoms with Crippen LogP contribution in [0.4, 0.5) is 8.78 Å². The Morgan fingerprint density at radius 2 is 1.23 bits per heavy atom. The molecule has 0 aliphatic heterocycles. The molecule has 0 aliphatic rings. The molecule has 6 nitrogen and oxygen atoms in total. The molecule has 0 spiro atoms. The van der Waals surface area contributed by atoms with Crippen LogP contribution in [0.2, 0.25) is 39.3 Å². The first-order valence-electron chi connectivity index (χ1n) is 12.1. The van der Waals surface area contributed by atoms with Crippen LogP contribution in [0.25, 0.3) is 11.6 Å². The number of nitrogens with zero attached hydrogens (tertiary/aromatic N) is 6. The number of terminal acetylenes is 1. The summed E-state index contributed by atoms with van der Waals surface area (Å²) in [6.45, 7) is 16.9. The average Bonchev–Trinajstić information content (AvgIpc) is 3.39. The third kappa shape index (κ3) is 11.2. The molecule has 0 radical (unpaired) electrons. The van der Waals surface area contributed by atoms with Crippen molar-refractivity contribution in [2.45, 2.75) is 53.1 Å². The van der Waals surface area contributed by atoms with Gasteiger partial charge in [0.1, 0.15) is 37.2 Å². The molecule has 4 aromatic rings. The maximum Gasteiger partial charge on any atom is 0.153 e. The molecule has 0 aromatic carbocycles. The predicted molar refractivity (Wildman–Crippen MR) is 167 cm³/mol. The van der Waals surface area contributed by atoms with E-state index in [0.29, 0.717) is 11.6 Å². The Morgan fingerprint density at radius 1 is 0.769 bits per heavy atom. The molecule has 0 N–H and O–H groups in total. The van der Waals surface area contributed by atoms with Gasteiger partial charge in [0.05, 0.1) is 12.4 Å². The lowest BCUT2D eigenvalue weighted by Gasteiger charge is -2.02. The summed E-state index contributed by atoms with van der Waals surface area (Å²) < 4.78 is 29.7. The minimum atomic E-state index is -1.41. The van der Waals surface area contributed by atoms with E-state index in [4.69, 9.17) is 6.42 Å². The summed E-state index contributed by atoms with van der Waals surface area (Å²) >= 11 is 2.13. The molecule has 4 aromatic heterocycles. The van der Waals surface area contributed by atoms with E-state index in [-0.39, 0.29) is 11.6 Å². The van der Waals surface area contributed by atoms with Gasteiger partial charge < -0.3 is 0 Å². The predicted octanol–water partition coefficient (Wildman–Crippen LogP) is 6.76. The van der Waals surface area contributed by atoms with Gasteiger partial charge >= 0.3 is 0 Å². The van der Waals surface area contributed by atoms with Crippen LogP contribution in [0.5, 0.6) is 0 Å². The minimum Gasteiger partial charge on any atom is -0.234 e. The molecular weight excluding hydrogens is 641 g/mol. The zero-order valence-electron chi connectivity index (χ0n) is 23.5. The highest BCUT2D eigenvalue weighted by Gasteiger charge is 2.10. The van der Waals surface area contributed by atoms with Crippen LogP contribution >= 0.6 is 22.6 Å². The second kappa shape index (κ2) is 13.8. The number of rotatable bonds is 2. The first-order chi connectivity index (χ1) is 18.1. The molecule has 0 saturated heterocycles. The van der Waals surface area contributed by atoms with Crippen molar-refractivity contribution in [1.29, 1.82) is 0 Å². The summed E-state index contributed by atoms with van der Waals surface area (Å²) in [5.41, 5.74) is 8.65. The largest absolute Gasteiger partial charge is 0.234 e. The molecule has 0 unspecified atom stereocenters. The molecule has 0 bridgehead atoms. The Hall–Kier alpha value is -3.14. The lowest BCUT2D eigenvalue weighted by Crippen LogP contribution is -2.16. The van der Waals surface area contributed by atoms with Crippen LogP contribution in [0.1, 0.15) is 17.1 Å². The number of pyridine rings is 2. The van der Waals surface area contributed by atoms with Gasteiger partial charge in [-0.05, 0) is 72.8 Å². The molecule has 204 valence electrons. The molecular formula is C28H33F2IN6Si2. The lowest BCUT2D eigenvalue weighted by atomic mass is 10.4. The Balaban J connectivity index is 0.000000234. The SMILES string of the molecule is C#C[Si](C)(C)C.Cc1cc(C#C[Si](C)(C)C)nn1-c1ccc(F)cn1.Cc1cc(I)nn1-c1ccc(F)cn1. The molecule has 4 heterocycles. The fourth-order valence-electron chi connectivity index (χ4n) is 2.67. The van der Waals surface area contributed by atoms with Gasteiger partial charge in [0.2, 0.25) is 0 Å². The first-order valence-corrected chi connectivity index (χ1v) is 20.2. The normalized spacial score (nSPS) is 10.7. The van der Waals surface area contributed by atoms with Crippen molar-refractivity contribution in [3.8, 4) is 35.1 Å². The zero-order chi connectivity index (χ0) is 29.4. The number of aryl methyl sites for hydroxylation is 2. The number of hydrogen-bond acceptors (Lipinski definition) is 4. The van der Waals surface area contributed by atoms with Crippen molar-refractivity contribution in [1.82, 2.24) is 29.5 Å². The summed E-state index contributed by atoms with van der Waals surface area (Å²) in [5.74, 6) is 3.64. The van der Waals surface area contributed by atoms with Crippen molar-refractivity contribution in [2.24, 2.45) is 0 Å². The summed E-state index contributed by atoms with van der Waals surface area (Å²) in [6.07, 6.45) is 7.49. The van der Waals surface area contributed by atoms with Gasteiger partial charge in [-0.25, -0.2) is 28.1 Å². The van der Waals surface area contributed by atoms with Gasteiger partial charge in [0.25, 0.3) is 0 Å². The fraction of sp³-hybridized carbons (Fsp3) is 0.286. The maximum atomic E-state index is 12.9. The highest BCUT2D eigenvalue weighted by atomic mass is 127. The monoisotopic (exact) mass is 674 g/mol. The molecule has 0 saturated carbocycles.